The van der Waals surface area contributed by atoms with Crippen molar-refractivity contribution in [1.29, 1.82) is 0 Å². The van der Waals surface area contributed by atoms with Gasteiger partial charge in [0.05, 0.1) is 10.2 Å². The van der Waals surface area contributed by atoms with E-state index in [9.17, 15) is 0 Å². The van der Waals surface area contributed by atoms with Crippen LogP contribution in [0.15, 0.2) is 94.5 Å². The Morgan fingerprint density at radius 3 is 0.667 bits per heavy atom. The maximum atomic E-state index is 8.89. The van der Waals surface area contributed by atoms with Gasteiger partial charge in [0.25, 0.3) is 0 Å². The zero-order valence-electron chi connectivity index (χ0n) is 25.4. The van der Waals surface area contributed by atoms with Gasteiger partial charge in [-0.1, -0.05) is 47.0 Å². The molecule has 16 nitrogen and oxygen atoms in total. The number of nitrogens with zero attached hydrogens (tertiary/aromatic N) is 8. The molecule has 0 bridgehead atoms. The Balaban J connectivity index is -0.000000273. The molecule has 22 heteroatoms. The van der Waals surface area contributed by atoms with Gasteiger partial charge in [0.1, 0.15) is 0 Å². The van der Waals surface area contributed by atoms with Crippen molar-refractivity contribution in [3.8, 4) is 0 Å². The summed E-state index contributed by atoms with van der Waals surface area (Å²) in [5.74, 6) is -4.33. The fourth-order valence-electron chi connectivity index (χ4n) is 1.71. The average molecular weight is 836 g/mol. The van der Waals surface area contributed by atoms with Gasteiger partial charge in [-0.25, -0.2) is 39.9 Å². The van der Waals surface area contributed by atoms with Gasteiger partial charge < -0.3 is 39.6 Å². The molecule has 4 aromatic rings. The van der Waals surface area contributed by atoms with Gasteiger partial charge in [-0.05, 0) is 52.0 Å². The van der Waals surface area contributed by atoms with Crippen LogP contribution in [0.5, 0.6) is 0 Å². The molecule has 0 aliphatic carbocycles. The van der Waals surface area contributed by atoms with Gasteiger partial charge in [-0.3, -0.25) is 0 Å². The largest absolute Gasteiger partial charge is 2.00 e. The molecular formula is C26H28Cu2N8O8S4. The summed E-state index contributed by atoms with van der Waals surface area (Å²) in [6.45, 7) is 3.89. The number of thioether (sulfide) groups is 4. The molecule has 4 heterocycles. The van der Waals surface area contributed by atoms with Crippen LogP contribution in [0.1, 0.15) is 27.7 Å². The fourth-order valence-corrected chi connectivity index (χ4v) is 4.95. The molecule has 0 atom stereocenters. The Hall–Kier alpha value is -3.36. The summed E-state index contributed by atoms with van der Waals surface area (Å²) < 4.78 is 0. The molecule has 0 amide bonds. The molecule has 4 aromatic heterocycles. The van der Waals surface area contributed by atoms with E-state index >= 15 is 0 Å². The van der Waals surface area contributed by atoms with Crippen molar-refractivity contribution < 1.29 is 73.7 Å². The summed E-state index contributed by atoms with van der Waals surface area (Å²) in [6.07, 6.45) is 13.9. The average Bonchev–Trinajstić information content (AvgIpc) is 2.99. The molecule has 0 saturated carbocycles. The Morgan fingerprint density at radius 1 is 0.417 bits per heavy atom. The van der Waals surface area contributed by atoms with Crippen molar-refractivity contribution >= 4 is 70.9 Å². The van der Waals surface area contributed by atoms with E-state index < -0.39 is 23.9 Å². The molecule has 0 aromatic carbocycles. The van der Waals surface area contributed by atoms with Gasteiger partial charge in [-0.15, -0.1) is 0 Å². The van der Waals surface area contributed by atoms with Crippen molar-refractivity contribution in [1.82, 2.24) is 39.9 Å². The van der Waals surface area contributed by atoms with Crippen molar-refractivity contribution in [2.45, 2.75) is 48.3 Å². The number of aromatic nitrogens is 8. The molecular weight excluding hydrogens is 808 g/mol. The maximum absolute atomic E-state index is 8.89. The number of carbonyl (C=O) groups excluding carboxylic acids is 4. The number of carboxylic acids is 4. The summed E-state index contributed by atoms with van der Waals surface area (Å²) >= 11 is 6.30. The molecule has 0 unspecified atom stereocenters. The van der Waals surface area contributed by atoms with Crippen LogP contribution in [0.2, 0.25) is 0 Å². The van der Waals surface area contributed by atoms with Crippen LogP contribution < -0.4 is 20.4 Å². The molecule has 0 spiro atoms. The molecule has 48 heavy (non-hydrogen) atoms. The van der Waals surface area contributed by atoms with Gasteiger partial charge in [0, 0.05) is 73.5 Å². The molecule has 0 aliphatic heterocycles. The number of rotatable bonds is 8. The summed E-state index contributed by atoms with van der Waals surface area (Å²) in [5.41, 5.74) is 0. The summed E-state index contributed by atoms with van der Waals surface area (Å²) in [4.78, 5) is 68.4. The zero-order valence-corrected chi connectivity index (χ0v) is 30.6. The molecule has 0 fully saturated rings. The molecule has 0 aliphatic rings. The van der Waals surface area contributed by atoms with Gasteiger partial charge in [-0.2, -0.15) is 0 Å². The van der Waals surface area contributed by atoms with E-state index in [0.29, 0.717) is 0 Å². The third-order valence-electron chi connectivity index (χ3n) is 2.92. The predicted octanol–water partition coefficient (Wildman–Crippen LogP) is -0.763. The van der Waals surface area contributed by atoms with Crippen molar-refractivity contribution in [2.75, 3.05) is 10.2 Å². The summed E-state index contributed by atoms with van der Waals surface area (Å²) in [7, 11) is 0. The predicted molar refractivity (Wildman–Crippen MR) is 164 cm³/mol. The van der Waals surface area contributed by atoms with Gasteiger partial charge in [0.15, 0.2) is 20.6 Å². The Bertz CT molecular complexity index is 1140. The van der Waals surface area contributed by atoms with E-state index in [-0.39, 0.29) is 34.1 Å². The number of carbonyl (C=O) groups is 4. The quantitative estimate of drug-likeness (QED) is 0.0913. The smallest absolute Gasteiger partial charge is 0.550 e. The minimum Gasteiger partial charge on any atom is -0.550 e. The molecule has 266 valence electrons. The van der Waals surface area contributed by atoms with Crippen molar-refractivity contribution in [3.05, 3.63) is 73.8 Å². The first-order chi connectivity index (χ1) is 21.8. The number of carboxylic acid groups (broad SMARTS) is 4. The van der Waals surface area contributed by atoms with Gasteiger partial charge in [0.2, 0.25) is 0 Å². The first-order valence-corrected chi connectivity index (χ1v) is 16.1. The number of hydrogen-bond acceptors (Lipinski definition) is 20. The topological polar surface area (TPSA) is 264 Å². The van der Waals surface area contributed by atoms with E-state index in [1.54, 1.807) is 121 Å². The normalized spacial score (nSPS) is 8.42. The minimum absolute atomic E-state index is 0. The molecule has 0 saturated heterocycles. The first-order valence-electron chi connectivity index (χ1n) is 12.1. The summed E-state index contributed by atoms with van der Waals surface area (Å²) in [6, 6.07) is 7.21. The summed E-state index contributed by atoms with van der Waals surface area (Å²) in [5, 5.41) is 40.3. The maximum Gasteiger partial charge on any atom is 2.00 e. The molecule has 2 radical (unpaired) electrons. The Morgan fingerprint density at radius 2 is 0.542 bits per heavy atom. The monoisotopic (exact) mass is 834 g/mol. The molecule has 4 rings (SSSR count). The second-order valence-electron chi connectivity index (χ2n) is 6.90. The van der Waals surface area contributed by atoms with Crippen LogP contribution in [0, 0.1) is 0 Å². The number of aliphatic carboxylic acids is 4. The SMILES string of the molecule is CC(=O)[O-].CC(=O)[O-].CC(=O)[O-].CC(=O)[O-].[Cu+2].[Cu+2].c1cnc(SCSc2ncccn2)nc1.c1cnc(SCSc2ncccn2)nc1. The van der Waals surface area contributed by atoms with E-state index in [2.05, 4.69) is 39.9 Å². The van der Waals surface area contributed by atoms with Crippen LogP contribution in [-0.4, -0.2) is 73.9 Å². The van der Waals surface area contributed by atoms with Crippen LogP contribution >= 0.6 is 47.0 Å². The van der Waals surface area contributed by atoms with Crippen LogP contribution in [0.25, 0.3) is 0 Å². The van der Waals surface area contributed by atoms with Gasteiger partial charge >= 0.3 is 34.1 Å². The zero-order chi connectivity index (χ0) is 35.0. The third kappa shape index (κ3) is 44.8. The Labute approximate surface area is 315 Å². The van der Waals surface area contributed by atoms with E-state index in [1.807, 2.05) is 0 Å². The van der Waals surface area contributed by atoms with E-state index in [4.69, 9.17) is 39.6 Å². The van der Waals surface area contributed by atoms with Crippen molar-refractivity contribution in [2.24, 2.45) is 0 Å². The minimum atomic E-state index is -1.08. The van der Waals surface area contributed by atoms with Crippen LogP contribution in [-0.2, 0) is 53.3 Å². The number of hydrogen-bond donors (Lipinski definition) is 0. The third-order valence-corrected chi connectivity index (χ3v) is 6.68. The van der Waals surface area contributed by atoms with Crippen LogP contribution in [0.4, 0.5) is 0 Å². The second-order valence-corrected chi connectivity index (χ2v) is 11.4. The van der Waals surface area contributed by atoms with E-state index in [0.717, 1.165) is 58.5 Å². The molecule has 0 N–H and O–H groups in total. The second kappa shape index (κ2) is 36.5. The first kappa shape index (κ1) is 51.5. The Kier molecular flexibility index (Phi) is 39.1. The fraction of sp³-hybridized carbons (Fsp3) is 0.231. The van der Waals surface area contributed by atoms with E-state index in [1.165, 1.54) is 0 Å². The standard InChI is InChI=1S/2C9H8N4S2.4C2H4O2.2Cu/c2*1-3-10-8(11-4-1)14-7-15-9-12-5-2-6-13-9;4*1-2(3)4;;/h2*1-6H,7H2;4*1H3,(H,3,4);;/q;;;;;;2*+2/p-4. The van der Waals surface area contributed by atoms with Crippen LogP contribution in [0.3, 0.4) is 0 Å². The van der Waals surface area contributed by atoms with Crippen molar-refractivity contribution in [3.63, 3.8) is 0 Å².